The van der Waals surface area contributed by atoms with Crippen molar-refractivity contribution in [2.24, 2.45) is 0 Å². The van der Waals surface area contributed by atoms with Gasteiger partial charge in [0.2, 0.25) is 0 Å². The molecule has 2 heterocycles. The molecule has 2 aromatic heterocycles. The average molecular weight is 224 g/mol. The number of aromatic nitrogens is 3. The third kappa shape index (κ3) is 1.45. The van der Waals surface area contributed by atoms with Gasteiger partial charge in [0.05, 0.1) is 5.69 Å². The van der Waals surface area contributed by atoms with Gasteiger partial charge < -0.3 is 11.5 Å². The number of pyridine rings is 1. The molecule has 0 atom stereocenters. The van der Waals surface area contributed by atoms with Gasteiger partial charge in [0.25, 0.3) is 0 Å². The van der Waals surface area contributed by atoms with Crippen LogP contribution in [0.25, 0.3) is 11.0 Å². The van der Waals surface area contributed by atoms with Crippen LogP contribution < -0.4 is 11.5 Å². The van der Waals surface area contributed by atoms with Gasteiger partial charge in [-0.2, -0.15) is 0 Å². The molecule has 0 fully saturated rings. The van der Waals surface area contributed by atoms with Crippen LogP contribution in [0.2, 0.25) is 5.15 Å². The van der Waals surface area contributed by atoms with Gasteiger partial charge in [-0.05, 0) is 13.8 Å². The Labute approximate surface area is 91.5 Å². The van der Waals surface area contributed by atoms with Crippen molar-refractivity contribution in [1.29, 1.82) is 0 Å². The molecule has 0 unspecified atom stereocenters. The smallest absolute Gasteiger partial charge is 0.153 e. The molecular formula is C9H10ClN5. The summed E-state index contributed by atoms with van der Waals surface area (Å²) in [6.07, 6.45) is 0. The first-order valence-electron chi connectivity index (χ1n) is 4.36. The minimum atomic E-state index is 0.297. The Balaban J connectivity index is 2.98. The minimum Gasteiger partial charge on any atom is -0.397 e. The maximum absolute atomic E-state index is 5.90. The number of rotatable bonds is 0. The fourth-order valence-corrected chi connectivity index (χ4v) is 1.54. The molecule has 6 heteroatoms. The van der Waals surface area contributed by atoms with E-state index in [9.17, 15) is 0 Å². The average Bonchev–Trinajstić information content (AvgIpc) is 2.17. The highest BCUT2D eigenvalue weighted by molar-refractivity contribution is 6.31. The molecule has 0 aromatic carbocycles. The molecule has 2 aromatic rings. The summed E-state index contributed by atoms with van der Waals surface area (Å²) in [5.74, 6) is 0.862. The Hall–Kier alpha value is -1.62. The van der Waals surface area contributed by atoms with E-state index in [0.717, 1.165) is 0 Å². The molecule has 0 saturated heterocycles. The quantitative estimate of drug-likeness (QED) is 0.660. The summed E-state index contributed by atoms with van der Waals surface area (Å²) in [4.78, 5) is 12.3. The standard InChI is InChI=1S/C9H10ClN5/c1-3-5(11)6-7(15-8(3)10)9(12)14-4(2)13-6/h1-2H3,(H2,11,15)(H2,12,13,14). The van der Waals surface area contributed by atoms with Crippen molar-refractivity contribution in [2.75, 3.05) is 11.5 Å². The molecule has 0 saturated carbocycles. The van der Waals surface area contributed by atoms with Crippen LogP contribution in [0.4, 0.5) is 11.5 Å². The first kappa shape index (κ1) is 9.92. The van der Waals surface area contributed by atoms with Crippen molar-refractivity contribution < 1.29 is 0 Å². The van der Waals surface area contributed by atoms with E-state index in [1.807, 2.05) is 0 Å². The third-order valence-corrected chi connectivity index (χ3v) is 2.57. The highest BCUT2D eigenvalue weighted by atomic mass is 35.5. The van der Waals surface area contributed by atoms with Gasteiger partial charge in [0.15, 0.2) is 5.82 Å². The van der Waals surface area contributed by atoms with E-state index in [-0.39, 0.29) is 0 Å². The monoisotopic (exact) mass is 223 g/mol. The van der Waals surface area contributed by atoms with Crippen LogP contribution in [-0.2, 0) is 0 Å². The normalized spacial score (nSPS) is 10.9. The lowest BCUT2D eigenvalue weighted by Gasteiger charge is -2.08. The van der Waals surface area contributed by atoms with E-state index < -0.39 is 0 Å². The third-order valence-electron chi connectivity index (χ3n) is 2.20. The fourth-order valence-electron chi connectivity index (χ4n) is 1.36. The Morgan fingerprint density at radius 3 is 2.33 bits per heavy atom. The minimum absolute atomic E-state index is 0.297. The second-order valence-electron chi connectivity index (χ2n) is 3.29. The van der Waals surface area contributed by atoms with E-state index in [1.165, 1.54) is 0 Å². The lowest BCUT2D eigenvalue weighted by Crippen LogP contribution is -2.03. The number of nitrogen functional groups attached to an aromatic ring is 2. The molecule has 2 rings (SSSR count). The number of aryl methyl sites for hydroxylation is 1. The highest BCUT2D eigenvalue weighted by Crippen LogP contribution is 2.28. The SMILES string of the molecule is Cc1nc(N)c2nc(Cl)c(C)c(N)c2n1. The fraction of sp³-hybridized carbons (Fsp3) is 0.222. The van der Waals surface area contributed by atoms with Gasteiger partial charge in [0, 0.05) is 5.56 Å². The van der Waals surface area contributed by atoms with Crippen molar-refractivity contribution in [3.8, 4) is 0 Å². The summed E-state index contributed by atoms with van der Waals surface area (Å²) in [5, 5.41) is 0.333. The molecule has 0 radical (unpaired) electrons. The molecule has 0 aliphatic heterocycles. The summed E-state index contributed by atoms with van der Waals surface area (Å²) in [6.45, 7) is 3.54. The molecule has 0 aliphatic rings. The zero-order valence-electron chi connectivity index (χ0n) is 8.37. The van der Waals surface area contributed by atoms with Gasteiger partial charge in [0.1, 0.15) is 22.0 Å². The lowest BCUT2D eigenvalue weighted by atomic mass is 10.2. The van der Waals surface area contributed by atoms with E-state index in [0.29, 0.717) is 39.1 Å². The zero-order valence-corrected chi connectivity index (χ0v) is 9.13. The summed E-state index contributed by atoms with van der Waals surface area (Å²) in [7, 11) is 0. The predicted octanol–water partition coefficient (Wildman–Crippen LogP) is 1.46. The Bertz CT molecular complexity index is 552. The summed E-state index contributed by atoms with van der Waals surface area (Å²) in [6, 6.07) is 0. The van der Waals surface area contributed by atoms with Crippen molar-refractivity contribution >= 4 is 34.1 Å². The number of hydrogen-bond acceptors (Lipinski definition) is 5. The number of anilines is 2. The summed E-state index contributed by atoms with van der Waals surface area (Å²) in [5.41, 5.74) is 13.8. The topological polar surface area (TPSA) is 90.7 Å². The summed E-state index contributed by atoms with van der Waals surface area (Å²) >= 11 is 5.90. The van der Waals surface area contributed by atoms with Crippen LogP contribution in [0.15, 0.2) is 0 Å². The number of hydrogen-bond donors (Lipinski definition) is 2. The van der Waals surface area contributed by atoms with Gasteiger partial charge in [-0.3, -0.25) is 0 Å². The van der Waals surface area contributed by atoms with Crippen molar-refractivity contribution in [2.45, 2.75) is 13.8 Å². The first-order valence-corrected chi connectivity index (χ1v) is 4.74. The molecule has 15 heavy (non-hydrogen) atoms. The van der Waals surface area contributed by atoms with Gasteiger partial charge in [-0.1, -0.05) is 11.6 Å². The second kappa shape index (κ2) is 3.20. The van der Waals surface area contributed by atoms with Gasteiger partial charge >= 0.3 is 0 Å². The van der Waals surface area contributed by atoms with Crippen molar-refractivity contribution in [3.63, 3.8) is 0 Å². The molecule has 0 bridgehead atoms. The molecule has 4 N–H and O–H groups in total. The van der Waals surface area contributed by atoms with E-state index in [1.54, 1.807) is 13.8 Å². The molecule has 0 amide bonds. The Morgan fingerprint density at radius 2 is 1.67 bits per heavy atom. The predicted molar refractivity (Wildman–Crippen MR) is 60.6 cm³/mol. The maximum atomic E-state index is 5.90. The lowest BCUT2D eigenvalue weighted by molar-refractivity contribution is 1.09. The van der Waals surface area contributed by atoms with Crippen LogP contribution >= 0.6 is 11.6 Å². The largest absolute Gasteiger partial charge is 0.397 e. The molecule has 0 spiro atoms. The van der Waals surface area contributed by atoms with Crippen LogP contribution in [0, 0.1) is 13.8 Å². The van der Waals surface area contributed by atoms with Crippen LogP contribution in [-0.4, -0.2) is 15.0 Å². The molecule has 0 aliphatic carbocycles. The zero-order chi connectivity index (χ0) is 11.2. The van der Waals surface area contributed by atoms with E-state index in [2.05, 4.69) is 15.0 Å². The molecule has 78 valence electrons. The number of nitrogens with zero attached hydrogens (tertiary/aromatic N) is 3. The van der Waals surface area contributed by atoms with Crippen LogP contribution in [0.5, 0.6) is 0 Å². The first-order chi connectivity index (χ1) is 7.00. The maximum Gasteiger partial charge on any atom is 0.153 e. The second-order valence-corrected chi connectivity index (χ2v) is 3.65. The van der Waals surface area contributed by atoms with Crippen LogP contribution in [0.3, 0.4) is 0 Å². The van der Waals surface area contributed by atoms with Crippen LogP contribution in [0.1, 0.15) is 11.4 Å². The molecule has 5 nitrogen and oxygen atoms in total. The van der Waals surface area contributed by atoms with E-state index >= 15 is 0 Å². The van der Waals surface area contributed by atoms with Crippen molar-refractivity contribution in [1.82, 2.24) is 15.0 Å². The van der Waals surface area contributed by atoms with Gasteiger partial charge in [-0.25, -0.2) is 15.0 Å². The van der Waals surface area contributed by atoms with E-state index in [4.69, 9.17) is 23.1 Å². The van der Waals surface area contributed by atoms with Gasteiger partial charge in [-0.15, -0.1) is 0 Å². The summed E-state index contributed by atoms with van der Waals surface area (Å²) < 4.78 is 0. The Morgan fingerprint density at radius 1 is 1.00 bits per heavy atom. The highest BCUT2D eigenvalue weighted by Gasteiger charge is 2.12. The number of fused-ring (bicyclic) bond motifs is 1. The number of nitrogens with two attached hydrogens (primary N) is 2. The van der Waals surface area contributed by atoms with Crippen molar-refractivity contribution in [3.05, 3.63) is 16.5 Å². The molecular weight excluding hydrogens is 214 g/mol. The number of halogens is 1. The Kier molecular flexibility index (Phi) is 2.12.